The van der Waals surface area contributed by atoms with Crippen molar-refractivity contribution in [2.75, 3.05) is 0 Å². The summed E-state index contributed by atoms with van der Waals surface area (Å²) in [7, 11) is 0. The van der Waals surface area contributed by atoms with Crippen LogP contribution in [0.4, 0.5) is 0 Å². The molecule has 0 saturated heterocycles. The van der Waals surface area contributed by atoms with Crippen molar-refractivity contribution in [3.05, 3.63) is 241 Å². The third-order valence-electron chi connectivity index (χ3n) is 13.2. The van der Waals surface area contributed by atoms with Crippen LogP contribution in [0, 0.1) is 0 Å². The maximum atomic E-state index is 6.70. The number of amidine groups is 1. The first-order chi connectivity index (χ1) is 32.7. The molecule has 0 saturated carbocycles. The normalized spacial score (nSPS) is 15.1. The molecule has 3 heterocycles. The largest absolute Gasteiger partial charge is 0.456 e. The quantitative estimate of drug-likeness (QED) is 0.168. The van der Waals surface area contributed by atoms with E-state index in [0.29, 0.717) is 0 Å². The molecule has 5 heteroatoms. The van der Waals surface area contributed by atoms with E-state index in [9.17, 15) is 0 Å². The Hall–Kier alpha value is -8.51. The third kappa shape index (κ3) is 6.48. The summed E-state index contributed by atoms with van der Waals surface area (Å²) in [5.41, 5.74) is 15.9. The molecule has 312 valence electrons. The van der Waals surface area contributed by atoms with Crippen molar-refractivity contribution in [3.63, 3.8) is 0 Å². The van der Waals surface area contributed by atoms with Crippen LogP contribution < -0.4 is 10.6 Å². The smallest absolute Gasteiger partial charge is 0.136 e. The molecule has 1 aliphatic heterocycles. The van der Waals surface area contributed by atoms with Crippen LogP contribution in [0.15, 0.2) is 238 Å². The molecule has 0 bridgehead atoms. The third-order valence-corrected chi connectivity index (χ3v) is 13.2. The van der Waals surface area contributed by atoms with Crippen LogP contribution in [-0.2, 0) is 0 Å². The zero-order chi connectivity index (χ0) is 43.6. The fourth-order valence-corrected chi connectivity index (χ4v) is 10.0. The molecule has 12 aromatic rings. The summed E-state index contributed by atoms with van der Waals surface area (Å²) in [6.07, 6.45) is -0.539. The fourth-order valence-electron chi connectivity index (χ4n) is 10.0. The molecule has 0 radical (unpaired) electrons. The van der Waals surface area contributed by atoms with Gasteiger partial charge in [-0.25, -0.2) is 4.99 Å². The van der Waals surface area contributed by atoms with Gasteiger partial charge in [-0.15, -0.1) is 0 Å². The van der Waals surface area contributed by atoms with E-state index in [1.807, 2.05) is 18.2 Å². The number of para-hydroxylation sites is 1. The average molecular weight is 848 g/mol. The molecule has 66 heavy (non-hydrogen) atoms. The van der Waals surface area contributed by atoms with Crippen LogP contribution in [0.2, 0.25) is 0 Å². The molecule has 0 fully saturated rings. The zero-order valence-electron chi connectivity index (χ0n) is 35.8. The number of fused-ring (bicyclic) bond motifs is 7. The van der Waals surface area contributed by atoms with Gasteiger partial charge < -0.3 is 14.2 Å². The van der Waals surface area contributed by atoms with Gasteiger partial charge in [0.25, 0.3) is 0 Å². The lowest BCUT2D eigenvalue weighted by Crippen LogP contribution is -2.45. The summed E-state index contributed by atoms with van der Waals surface area (Å²) in [5.74, 6) is 0.842. The summed E-state index contributed by atoms with van der Waals surface area (Å²) >= 11 is 0. The Morgan fingerprint density at radius 3 is 1.61 bits per heavy atom. The Labute approximate surface area is 381 Å². The summed E-state index contributed by atoms with van der Waals surface area (Å²) in [4.78, 5) is 5.34. The van der Waals surface area contributed by atoms with E-state index in [4.69, 9.17) is 13.8 Å². The van der Waals surface area contributed by atoms with Gasteiger partial charge in [0, 0.05) is 27.1 Å². The van der Waals surface area contributed by atoms with Crippen molar-refractivity contribution in [2.45, 2.75) is 12.3 Å². The average Bonchev–Trinajstić information content (AvgIpc) is 3.97. The second-order valence-corrected chi connectivity index (χ2v) is 17.1. The van der Waals surface area contributed by atoms with Gasteiger partial charge in [-0.05, 0) is 96.7 Å². The molecule has 2 atom stereocenters. The van der Waals surface area contributed by atoms with Crippen LogP contribution in [-0.4, -0.2) is 5.84 Å². The molecule has 2 aromatic heterocycles. The van der Waals surface area contributed by atoms with Crippen molar-refractivity contribution < 1.29 is 8.83 Å². The van der Waals surface area contributed by atoms with E-state index in [1.165, 1.54) is 22.3 Å². The fraction of sp³-hybridized carbons (Fsp3) is 0.0328. The zero-order valence-corrected chi connectivity index (χ0v) is 35.8. The molecule has 2 N–H and O–H groups in total. The van der Waals surface area contributed by atoms with Crippen LogP contribution >= 0.6 is 0 Å². The van der Waals surface area contributed by atoms with Gasteiger partial charge in [-0.1, -0.05) is 194 Å². The predicted molar refractivity (Wildman–Crippen MR) is 271 cm³/mol. The van der Waals surface area contributed by atoms with Crippen molar-refractivity contribution in [1.82, 2.24) is 10.6 Å². The Balaban J connectivity index is 0.895. The van der Waals surface area contributed by atoms with Gasteiger partial charge in [0.2, 0.25) is 0 Å². The lowest BCUT2D eigenvalue weighted by molar-refractivity contribution is 0.411. The molecule has 13 rings (SSSR count). The van der Waals surface area contributed by atoms with Gasteiger partial charge in [0.15, 0.2) is 0 Å². The lowest BCUT2D eigenvalue weighted by Gasteiger charge is -2.33. The van der Waals surface area contributed by atoms with E-state index in [2.05, 4.69) is 217 Å². The van der Waals surface area contributed by atoms with Gasteiger partial charge >= 0.3 is 0 Å². The minimum atomic E-state index is -0.293. The van der Waals surface area contributed by atoms with Crippen molar-refractivity contribution in [3.8, 4) is 44.5 Å². The maximum Gasteiger partial charge on any atom is 0.136 e. The summed E-state index contributed by atoms with van der Waals surface area (Å²) in [5, 5.41) is 14.5. The lowest BCUT2D eigenvalue weighted by atomic mass is 9.91. The van der Waals surface area contributed by atoms with Crippen molar-refractivity contribution >= 4 is 60.5 Å². The van der Waals surface area contributed by atoms with Gasteiger partial charge in [0.1, 0.15) is 40.5 Å². The van der Waals surface area contributed by atoms with Crippen molar-refractivity contribution in [1.29, 1.82) is 0 Å². The number of hydrogen-bond acceptors (Lipinski definition) is 5. The van der Waals surface area contributed by atoms with Gasteiger partial charge in [-0.2, -0.15) is 0 Å². The Bertz CT molecular complexity index is 3810. The minimum Gasteiger partial charge on any atom is -0.456 e. The van der Waals surface area contributed by atoms with Gasteiger partial charge in [0.05, 0.1) is 0 Å². The number of rotatable bonds is 7. The second-order valence-electron chi connectivity index (χ2n) is 17.1. The number of furan rings is 2. The number of aliphatic imine (C=N–C) groups is 1. The molecule has 2 unspecified atom stereocenters. The van der Waals surface area contributed by atoms with E-state index in [-0.39, 0.29) is 12.3 Å². The minimum absolute atomic E-state index is 0.246. The topological polar surface area (TPSA) is 62.7 Å². The van der Waals surface area contributed by atoms with E-state index in [0.717, 1.165) is 99.4 Å². The first-order valence-electron chi connectivity index (χ1n) is 22.5. The van der Waals surface area contributed by atoms with Crippen molar-refractivity contribution in [2.24, 2.45) is 4.99 Å². The molecule has 1 aliphatic rings. The summed E-state index contributed by atoms with van der Waals surface area (Å²) < 4.78 is 13.0. The molecule has 10 aromatic carbocycles. The second kappa shape index (κ2) is 15.6. The number of nitrogens with zero attached hydrogens (tertiary/aromatic N) is 1. The highest BCUT2D eigenvalue weighted by Crippen LogP contribution is 2.43. The summed E-state index contributed by atoms with van der Waals surface area (Å²) in [6, 6.07) is 79.3. The van der Waals surface area contributed by atoms with Crippen LogP contribution in [0.1, 0.15) is 29.0 Å². The number of nitrogens with one attached hydrogen (secondary N) is 2. The predicted octanol–water partition coefficient (Wildman–Crippen LogP) is 15.6. The first kappa shape index (κ1) is 38.0. The monoisotopic (exact) mass is 847 g/mol. The molecule has 5 nitrogen and oxygen atoms in total. The Morgan fingerprint density at radius 1 is 0.348 bits per heavy atom. The molecule has 0 amide bonds. The molecule has 0 aliphatic carbocycles. The maximum absolute atomic E-state index is 6.70. The molecular weight excluding hydrogens is 807 g/mol. The number of hydrogen-bond donors (Lipinski definition) is 2. The highest BCUT2D eigenvalue weighted by molar-refractivity contribution is 6.17. The first-order valence-corrected chi connectivity index (χ1v) is 22.5. The SMILES string of the molecule is c1ccc(-c2ccc(C3=NC(c4ccc(-c5ccccc5)cc4)NC(c4ccc(-c5cccc6oc7cc(-c8cccc9oc%10ccccc%10c89)ccc7c56)c5ccccc45)N3)cc2)cc1. The van der Waals surface area contributed by atoms with Crippen LogP contribution in [0.3, 0.4) is 0 Å². The molecular formula is C61H41N3O2. The van der Waals surface area contributed by atoms with Crippen LogP contribution in [0.5, 0.6) is 0 Å². The van der Waals surface area contributed by atoms with E-state index < -0.39 is 0 Å². The van der Waals surface area contributed by atoms with Crippen LogP contribution in [0.25, 0.3) is 99.2 Å². The molecule has 0 spiro atoms. The van der Waals surface area contributed by atoms with Gasteiger partial charge in [-0.3, -0.25) is 5.32 Å². The Morgan fingerprint density at radius 2 is 0.879 bits per heavy atom. The standard InChI is InChI=1S/C61H41N3O2/c1-3-13-38(14-4-1)40-25-29-42(30-26-40)59-62-60(43-31-27-41(28-32-43)39-15-5-2-6-16-39)64-61(63-59)50-36-35-48(46-17-7-8-18-47(46)50)49-21-12-24-55-58(49)52-34-33-44(37-56(52)66-55)45-20-11-23-54-57(45)51-19-9-10-22-53(51)65-54/h1-37,59,61,63H,(H,62,64). The number of benzene rings is 10. The van der Waals surface area contributed by atoms with E-state index in [1.54, 1.807) is 0 Å². The highest BCUT2D eigenvalue weighted by Gasteiger charge is 2.28. The Kier molecular flexibility index (Phi) is 9.00. The summed E-state index contributed by atoms with van der Waals surface area (Å²) in [6.45, 7) is 0. The highest BCUT2D eigenvalue weighted by atomic mass is 16.3. The van der Waals surface area contributed by atoms with E-state index >= 15 is 0 Å².